The van der Waals surface area contributed by atoms with Crippen molar-refractivity contribution in [2.75, 3.05) is 30.9 Å². The zero-order valence-electron chi connectivity index (χ0n) is 15.2. The third-order valence-corrected chi connectivity index (χ3v) is 3.55. The summed E-state index contributed by atoms with van der Waals surface area (Å²) in [6.07, 6.45) is 2.20. The lowest BCUT2D eigenvalue weighted by Crippen LogP contribution is -2.35. The molecular formula is C18H22N4O4. The van der Waals surface area contributed by atoms with Crippen molar-refractivity contribution in [2.45, 2.75) is 20.0 Å². The van der Waals surface area contributed by atoms with Crippen molar-refractivity contribution in [3.63, 3.8) is 0 Å². The second-order valence-electron chi connectivity index (χ2n) is 5.73. The largest absolute Gasteiger partial charge is 0.495 e. The van der Waals surface area contributed by atoms with E-state index in [4.69, 9.17) is 9.47 Å². The quantitative estimate of drug-likeness (QED) is 0.754. The molecule has 0 aliphatic heterocycles. The van der Waals surface area contributed by atoms with Crippen molar-refractivity contribution >= 4 is 23.5 Å². The normalized spacial score (nSPS) is 11.4. The van der Waals surface area contributed by atoms with Crippen LogP contribution < -0.4 is 15.0 Å². The SMILES string of the molecule is COc1ccc(C)cc1NC(=O)C(C)OC(=O)CN(C)c1ncccn1. The van der Waals surface area contributed by atoms with Crippen LogP contribution in [-0.4, -0.2) is 48.7 Å². The Labute approximate surface area is 152 Å². The highest BCUT2D eigenvalue weighted by molar-refractivity contribution is 5.96. The summed E-state index contributed by atoms with van der Waals surface area (Å²) in [4.78, 5) is 34.0. The Morgan fingerprint density at radius 2 is 1.96 bits per heavy atom. The molecule has 1 N–H and O–H groups in total. The Hall–Kier alpha value is -3.16. The second kappa shape index (κ2) is 8.80. The number of carbonyl (C=O) groups is 2. The Morgan fingerprint density at radius 1 is 1.27 bits per heavy atom. The van der Waals surface area contributed by atoms with Crippen molar-refractivity contribution in [3.05, 3.63) is 42.2 Å². The highest BCUT2D eigenvalue weighted by Crippen LogP contribution is 2.25. The van der Waals surface area contributed by atoms with Gasteiger partial charge in [0.25, 0.3) is 5.91 Å². The van der Waals surface area contributed by atoms with E-state index in [2.05, 4.69) is 15.3 Å². The summed E-state index contributed by atoms with van der Waals surface area (Å²) in [5.74, 6) is -0.0748. The van der Waals surface area contributed by atoms with E-state index in [-0.39, 0.29) is 6.54 Å². The van der Waals surface area contributed by atoms with E-state index in [9.17, 15) is 9.59 Å². The van der Waals surface area contributed by atoms with Gasteiger partial charge in [-0.1, -0.05) is 6.07 Å². The molecule has 1 aromatic carbocycles. The number of anilines is 2. The van der Waals surface area contributed by atoms with Crippen LogP contribution in [0.25, 0.3) is 0 Å². The molecule has 1 aromatic heterocycles. The first-order chi connectivity index (χ1) is 12.4. The summed E-state index contributed by atoms with van der Waals surface area (Å²) in [5, 5.41) is 2.71. The molecule has 2 rings (SSSR count). The molecule has 138 valence electrons. The number of carbonyl (C=O) groups excluding carboxylic acids is 2. The van der Waals surface area contributed by atoms with Crippen LogP contribution in [0.3, 0.4) is 0 Å². The number of esters is 1. The number of rotatable bonds is 7. The molecule has 0 bridgehead atoms. The fourth-order valence-corrected chi connectivity index (χ4v) is 2.19. The number of likely N-dealkylation sites (N-methyl/N-ethyl adjacent to an activating group) is 1. The molecule has 26 heavy (non-hydrogen) atoms. The number of benzene rings is 1. The first kappa shape index (κ1) is 19.2. The number of nitrogens with zero attached hydrogens (tertiary/aromatic N) is 3. The lowest BCUT2D eigenvalue weighted by molar-refractivity contribution is -0.151. The molecule has 8 heteroatoms. The van der Waals surface area contributed by atoms with Crippen LogP contribution in [0.1, 0.15) is 12.5 Å². The van der Waals surface area contributed by atoms with Gasteiger partial charge in [-0.05, 0) is 37.6 Å². The third-order valence-electron chi connectivity index (χ3n) is 3.55. The van der Waals surface area contributed by atoms with Gasteiger partial charge in [0.15, 0.2) is 6.10 Å². The van der Waals surface area contributed by atoms with Gasteiger partial charge >= 0.3 is 5.97 Å². The van der Waals surface area contributed by atoms with E-state index in [1.807, 2.05) is 13.0 Å². The molecule has 0 fully saturated rings. The molecule has 0 aliphatic carbocycles. The van der Waals surface area contributed by atoms with Gasteiger partial charge in [-0.2, -0.15) is 0 Å². The zero-order chi connectivity index (χ0) is 19.1. The monoisotopic (exact) mass is 358 g/mol. The number of hydrogen-bond acceptors (Lipinski definition) is 7. The van der Waals surface area contributed by atoms with Crippen molar-refractivity contribution < 1.29 is 19.1 Å². The highest BCUT2D eigenvalue weighted by atomic mass is 16.5. The lowest BCUT2D eigenvalue weighted by Gasteiger charge is -2.18. The molecule has 1 amide bonds. The van der Waals surface area contributed by atoms with E-state index in [1.165, 1.54) is 18.9 Å². The first-order valence-electron chi connectivity index (χ1n) is 8.04. The Balaban J connectivity index is 1.92. The van der Waals surface area contributed by atoms with Crippen molar-refractivity contribution in [3.8, 4) is 5.75 Å². The van der Waals surface area contributed by atoms with E-state index < -0.39 is 18.0 Å². The van der Waals surface area contributed by atoms with Crippen LogP contribution in [0, 0.1) is 6.92 Å². The van der Waals surface area contributed by atoms with Gasteiger partial charge in [0.2, 0.25) is 5.95 Å². The van der Waals surface area contributed by atoms with Gasteiger partial charge in [0.05, 0.1) is 12.8 Å². The predicted octanol–water partition coefficient (Wildman–Crippen LogP) is 1.80. The number of aryl methyl sites for hydroxylation is 1. The molecule has 8 nitrogen and oxygen atoms in total. The average Bonchev–Trinajstić information content (AvgIpc) is 2.62. The standard InChI is InChI=1S/C18H22N4O4/c1-12-6-7-15(25-4)14(10-12)21-17(24)13(2)26-16(23)11-22(3)18-19-8-5-9-20-18/h5-10,13H,11H2,1-4H3,(H,21,24). The van der Waals surface area contributed by atoms with Crippen molar-refractivity contribution in [2.24, 2.45) is 0 Å². The summed E-state index contributed by atoms with van der Waals surface area (Å²) < 4.78 is 10.4. The van der Waals surface area contributed by atoms with Crippen LogP contribution in [0.5, 0.6) is 5.75 Å². The van der Waals surface area contributed by atoms with Gasteiger partial charge < -0.3 is 19.7 Å². The van der Waals surface area contributed by atoms with Crippen LogP contribution in [0.15, 0.2) is 36.7 Å². The van der Waals surface area contributed by atoms with E-state index in [0.717, 1.165) is 5.56 Å². The number of amides is 1. The topological polar surface area (TPSA) is 93.6 Å². The molecule has 0 saturated heterocycles. The minimum atomic E-state index is -0.960. The number of ether oxygens (including phenoxy) is 2. The zero-order valence-corrected chi connectivity index (χ0v) is 15.2. The smallest absolute Gasteiger partial charge is 0.326 e. The Morgan fingerprint density at radius 3 is 2.62 bits per heavy atom. The molecule has 2 aromatic rings. The second-order valence-corrected chi connectivity index (χ2v) is 5.73. The number of aromatic nitrogens is 2. The molecule has 1 heterocycles. The van der Waals surface area contributed by atoms with E-state index >= 15 is 0 Å². The molecule has 1 unspecified atom stereocenters. The maximum atomic E-state index is 12.3. The maximum Gasteiger partial charge on any atom is 0.326 e. The van der Waals surface area contributed by atoms with Crippen LogP contribution in [0.2, 0.25) is 0 Å². The van der Waals surface area contributed by atoms with Crippen LogP contribution in [0.4, 0.5) is 11.6 Å². The molecule has 1 atom stereocenters. The number of nitrogens with one attached hydrogen (secondary N) is 1. The third kappa shape index (κ3) is 5.17. The van der Waals surface area contributed by atoms with Gasteiger partial charge in [-0.3, -0.25) is 9.59 Å². The van der Waals surface area contributed by atoms with Crippen LogP contribution in [-0.2, 0) is 14.3 Å². The molecule has 0 saturated carbocycles. The molecule has 0 aliphatic rings. The lowest BCUT2D eigenvalue weighted by atomic mass is 10.2. The number of methoxy groups -OCH3 is 1. The van der Waals surface area contributed by atoms with Gasteiger partial charge in [0, 0.05) is 19.4 Å². The molecular weight excluding hydrogens is 336 g/mol. The predicted molar refractivity (Wildman–Crippen MR) is 97.2 cm³/mol. The summed E-state index contributed by atoms with van der Waals surface area (Å²) in [7, 11) is 3.18. The summed E-state index contributed by atoms with van der Waals surface area (Å²) >= 11 is 0. The molecule has 0 radical (unpaired) electrons. The summed E-state index contributed by atoms with van der Waals surface area (Å²) in [5.41, 5.74) is 1.49. The summed E-state index contributed by atoms with van der Waals surface area (Å²) in [6.45, 7) is 3.34. The fourth-order valence-electron chi connectivity index (χ4n) is 2.19. The van der Waals surface area contributed by atoms with E-state index in [1.54, 1.807) is 37.6 Å². The van der Waals surface area contributed by atoms with Gasteiger partial charge in [-0.15, -0.1) is 0 Å². The molecule has 0 spiro atoms. The van der Waals surface area contributed by atoms with Crippen LogP contribution >= 0.6 is 0 Å². The van der Waals surface area contributed by atoms with Gasteiger partial charge in [-0.25, -0.2) is 9.97 Å². The minimum Gasteiger partial charge on any atom is -0.495 e. The Bertz CT molecular complexity index is 767. The highest BCUT2D eigenvalue weighted by Gasteiger charge is 2.20. The maximum absolute atomic E-state index is 12.3. The Kier molecular flexibility index (Phi) is 6.48. The van der Waals surface area contributed by atoms with Crippen molar-refractivity contribution in [1.29, 1.82) is 0 Å². The number of hydrogen-bond donors (Lipinski definition) is 1. The summed E-state index contributed by atoms with van der Waals surface area (Å²) in [6, 6.07) is 7.10. The average molecular weight is 358 g/mol. The first-order valence-corrected chi connectivity index (χ1v) is 8.04. The fraction of sp³-hybridized carbons (Fsp3) is 0.333. The van der Waals surface area contributed by atoms with E-state index in [0.29, 0.717) is 17.4 Å². The minimum absolute atomic E-state index is 0.0740. The van der Waals surface area contributed by atoms with Crippen molar-refractivity contribution in [1.82, 2.24) is 9.97 Å². The van der Waals surface area contributed by atoms with Gasteiger partial charge in [0.1, 0.15) is 12.3 Å².